The third-order valence-corrected chi connectivity index (χ3v) is 3.60. The lowest BCUT2D eigenvalue weighted by molar-refractivity contribution is 1.33. The van der Waals surface area contributed by atoms with E-state index >= 15 is 0 Å². The maximum atomic E-state index is 3.53. The van der Waals surface area contributed by atoms with E-state index in [0.29, 0.717) is 0 Å². The lowest BCUT2D eigenvalue weighted by Gasteiger charge is -2.06. The monoisotopic (exact) mass is 365 g/mol. The second kappa shape index (κ2) is 6.76. The summed E-state index contributed by atoms with van der Waals surface area (Å²) in [5, 5.41) is 3.36. The van der Waals surface area contributed by atoms with Crippen LogP contribution in [0.15, 0.2) is 63.6 Å². The van der Waals surface area contributed by atoms with Crippen molar-refractivity contribution in [3.8, 4) is 0 Å². The Labute approximate surface area is 124 Å². The van der Waals surface area contributed by atoms with Crippen molar-refractivity contribution in [2.75, 3.05) is 11.9 Å². The molecule has 0 aliphatic carbocycles. The van der Waals surface area contributed by atoms with E-state index in [0.717, 1.165) is 21.2 Å². The van der Waals surface area contributed by atoms with Crippen LogP contribution in [-0.2, 0) is 0 Å². The molecule has 92 valence electrons. The summed E-state index contributed by atoms with van der Waals surface area (Å²) in [5.74, 6) is 0. The number of halogens is 2. The van der Waals surface area contributed by atoms with Crippen LogP contribution in [0, 0.1) is 0 Å². The molecule has 0 saturated heterocycles. The molecule has 0 aliphatic heterocycles. The molecule has 1 N–H and O–H groups in total. The Hall–Kier alpha value is -1.06. The second-order valence-electron chi connectivity index (χ2n) is 3.82. The predicted octanol–water partition coefficient (Wildman–Crippen LogP) is 5.34. The van der Waals surface area contributed by atoms with Crippen molar-refractivity contribution in [2.45, 2.75) is 0 Å². The van der Waals surface area contributed by atoms with Crippen LogP contribution in [-0.4, -0.2) is 6.54 Å². The highest BCUT2D eigenvalue weighted by Gasteiger charge is 1.97. The van der Waals surface area contributed by atoms with Gasteiger partial charge in [-0.1, -0.05) is 58.4 Å². The molecule has 0 amide bonds. The minimum Gasteiger partial charge on any atom is -0.381 e. The van der Waals surface area contributed by atoms with E-state index in [1.54, 1.807) is 0 Å². The average molecular weight is 367 g/mol. The zero-order valence-corrected chi connectivity index (χ0v) is 12.9. The van der Waals surface area contributed by atoms with Gasteiger partial charge in [-0.15, -0.1) is 0 Å². The SMILES string of the molecule is Brc1ccc(NC/C=C/c2ccccc2)c(Br)c1. The van der Waals surface area contributed by atoms with Gasteiger partial charge in [-0.3, -0.25) is 0 Å². The van der Waals surface area contributed by atoms with Gasteiger partial charge in [0.25, 0.3) is 0 Å². The Morgan fingerprint density at radius 1 is 1.00 bits per heavy atom. The molecular formula is C15H13Br2N. The molecule has 3 heteroatoms. The first kappa shape index (κ1) is 13.4. The van der Waals surface area contributed by atoms with Crippen LogP contribution in [0.3, 0.4) is 0 Å². The van der Waals surface area contributed by atoms with Gasteiger partial charge >= 0.3 is 0 Å². The van der Waals surface area contributed by atoms with Crippen LogP contribution in [0.5, 0.6) is 0 Å². The number of rotatable bonds is 4. The summed E-state index contributed by atoms with van der Waals surface area (Å²) in [6, 6.07) is 16.4. The normalized spacial score (nSPS) is 10.8. The Morgan fingerprint density at radius 2 is 1.78 bits per heavy atom. The summed E-state index contributed by atoms with van der Waals surface area (Å²) in [6.07, 6.45) is 4.23. The number of hydrogen-bond acceptors (Lipinski definition) is 1. The molecule has 0 fully saturated rings. The second-order valence-corrected chi connectivity index (χ2v) is 5.59. The van der Waals surface area contributed by atoms with E-state index in [1.165, 1.54) is 5.56 Å². The highest BCUT2D eigenvalue weighted by atomic mass is 79.9. The van der Waals surface area contributed by atoms with E-state index in [2.05, 4.69) is 61.5 Å². The molecule has 2 aromatic carbocycles. The van der Waals surface area contributed by atoms with Crippen molar-refractivity contribution in [3.63, 3.8) is 0 Å². The summed E-state index contributed by atoms with van der Waals surface area (Å²) in [4.78, 5) is 0. The van der Waals surface area contributed by atoms with E-state index < -0.39 is 0 Å². The molecule has 0 radical (unpaired) electrons. The van der Waals surface area contributed by atoms with Crippen molar-refractivity contribution < 1.29 is 0 Å². The summed E-state index contributed by atoms with van der Waals surface area (Å²) < 4.78 is 2.13. The fraction of sp³-hybridized carbons (Fsp3) is 0.0667. The van der Waals surface area contributed by atoms with Crippen molar-refractivity contribution >= 4 is 43.6 Å². The van der Waals surface area contributed by atoms with Gasteiger partial charge in [0, 0.05) is 21.2 Å². The largest absolute Gasteiger partial charge is 0.381 e. The van der Waals surface area contributed by atoms with Gasteiger partial charge in [-0.25, -0.2) is 0 Å². The van der Waals surface area contributed by atoms with Gasteiger partial charge < -0.3 is 5.32 Å². The maximum Gasteiger partial charge on any atom is 0.0487 e. The molecule has 0 saturated carbocycles. The Morgan fingerprint density at radius 3 is 2.50 bits per heavy atom. The summed E-state index contributed by atoms with van der Waals surface area (Å²) in [6.45, 7) is 0.801. The van der Waals surface area contributed by atoms with Crippen LogP contribution in [0.25, 0.3) is 6.08 Å². The Kier molecular flexibility index (Phi) is 5.02. The smallest absolute Gasteiger partial charge is 0.0487 e. The average Bonchev–Trinajstić information content (AvgIpc) is 2.38. The molecule has 0 unspecified atom stereocenters. The van der Waals surface area contributed by atoms with Crippen molar-refractivity contribution in [2.24, 2.45) is 0 Å². The molecule has 2 rings (SSSR count). The van der Waals surface area contributed by atoms with Gasteiger partial charge in [-0.2, -0.15) is 0 Å². The third-order valence-electron chi connectivity index (χ3n) is 2.45. The number of benzene rings is 2. The number of nitrogens with one attached hydrogen (secondary N) is 1. The van der Waals surface area contributed by atoms with Gasteiger partial charge in [0.05, 0.1) is 0 Å². The Balaban J connectivity index is 1.91. The topological polar surface area (TPSA) is 12.0 Å². The van der Waals surface area contributed by atoms with Crippen molar-refractivity contribution in [1.29, 1.82) is 0 Å². The molecule has 0 bridgehead atoms. The van der Waals surface area contributed by atoms with E-state index in [9.17, 15) is 0 Å². The molecule has 0 aliphatic rings. The van der Waals surface area contributed by atoms with Gasteiger partial charge in [0.15, 0.2) is 0 Å². The molecule has 0 aromatic heterocycles. The molecule has 18 heavy (non-hydrogen) atoms. The molecule has 0 heterocycles. The molecule has 1 nitrogen and oxygen atoms in total. The standard InChI is InChI=1S/C15H13Br2N/c16-13-8-9-15(14(17)11-13)18-10-4-7-12-5-2-1-3-6-12/h1-9,11,18H,10H2/b7-4+. The fourth-order valence-electron chi connectivity index (χ4n) is 1.56. The van der Waals surface area contributed by atoms with Crippen LogP contribution in [0.1, 0.15) is 5.56 Å². The minimum absolute atomic E-state index is 0.801. The van der Waals surface area contributed by atoms with Crippen LogP contribution in [0.2, 0.25) is 0 Å². The predicted molar refractivity (Wildman–Crippen MR) is 85.8 cm³/mol. The fourth-order valence-corrected chi connectivity index (χ4v) is 2.75. The van der Waals surface area contributed by atoms with Crippen molar-refractivity contribution in [1.82, 2.24) is 0 Å². The van der Waals surface area contributed by atoms with E-state index in [-0.39, 0.29) is 0 Å². The number of anilines is 1. The van der Waals surface area contributed by atoms with Crippen LogP contribution in [0.4, 0.5) is 5.69 Å². The zero-order chi connectivity index (χ0) is 12.8. The lowest BCUT2D eigenvalue weighted by Crippen LogP contribution is -1.98. The molecule has 2 aromatic rings. The first-order valence-corrected chi connectivity index (χ1v) is 7.25. The Bertz CT molecular complexity index is 535. The van der Waals surface area contributed by atoms with Gasteiger partial charge in [0.1, 0.15) is 0 Å². The summed E-state index contributed by atoms with van der Waals surface area (Å²) in [7, 11) is 0. The third kappa shape index (κ3) is 4.00. The molecular weight excluding hydrogens is 354 g/mol. The summed E-state index contributed by atoms with van der Waals surface area (Å²) >= 11 is 6.96. The molecule has 0 atom stereocenters. The quantitative estimate of drug-likeness (QED) is 0.770. The van der Waals surface area contributed by atoms with Crippen molar-refractivity contribution in [3.05, 3.63) is 69.1 Å². The first-order chi connectivity index (χ1) is 8.75. The first-order valence-electron chi connectivity index (χ1n) is 5.66. The lowest BCUT2D eigenvalue weighted by atomic mass is 10.2. The van der Waals surface area contributed by atoms with Crippen LogP contribution >= 0.6 is 31.9 Å². The maximum absolute atomic E-state index is 3.53. The minimum atomic E-state index is 0.801. The summed E-state index contributed by atoms with van der Waals surface area (Å²) in [5.41, 5.74) is 2.31. The molecule has 0 spiro atoms. The number of hydrogen-bond donors (Lipinski definition) is 1. The highest BCUT2D eigenvalue weighted by Crippen LogP contribution is 2.25. The van der Waals surface area contributed by atoms with E-state index in [4.69, 9.17) is 0 Å². The van der Waals surface area contributed by atoms with Gasteiger partial charge in [0.2, 0.25) is 0 Å². The van der Waals surface area contributed by atoms with E-state index in [1.807, 2.05) is 36.4 Å². The van der Waals surface area contributed by atoms with Crippen LogP contribution < -0.4 is 5.32 Å². The zero-order valence-electron chi connectivity index (χ0n) is 9.74. The highest BCUT2D eigenvalue weighted by molar-refractivity contribution is 9.11. The van der Waals surface area contributed by atoms with Gasteiger partial charge in [-0.05, 0) is 39.7 Å².